The fourth-order valence-electron chi connectivity index (χ4n) is 1.83. The Balaban J connectivity index is 1.52. The van der Waals surface area contributed by atoms with Gasteiger partial charge in [0.2, 0.25) is 5.91 Å². The van der Waals surface area contributed by atoms with Crippen molar-refractivity contribution < 1.29 is 4.79 Å². The summed E-state index contributed by atoms with van der Waals surface area (Å²) in [6, 6.07) is 16.8. The second-order valence-electron chi connectivity index (χ2n) is 4.72. The molecule has 3 rings (SSSR count). The highest BCUT2D eigenvalue weighted by molar-refractivity contribution is 8.01. The maximum atomic E-state index is 11.9. The minimum atomic E-state index is -0.0612. The fraction of sp³-hybridized carbons (Fsp3) is 0.0588. The van der Waals surface area contributed by atoms with Gasteiger partial charge in [0.05, 0.1) is 17.1 Å². The lowest BCUT2D eigenvalue weighted by atomic mass is 10.3. The van der Waals surface area contributed by atoms with Crippen LogP contribution in [-0.4, -0.2) is 16.6 Å². The van der Waals surface area contributed by atoms with Crippen molar-refractivity contribution in [3.63, 3.8) is 0 Å². The van der Waals surface area contributed by atoms with E-state index in [1.165, 1.54) is 23.1 Å². The molecular formula is C17H14N4OS2. The molecule has 0 aliphatic carbocycles. The Morgan fingerprint density at radius 1 is 1.04 bits per heavy atom. The number of amides is 1. The third-order valence-electron chi connectivity index (χ3n) is 2.92. The molecule has 0 radical (unpaired) electrons. The van der Waals surface area contributed by atoms with Gasteiger partial charge in [-0.05, 0) is 36.4 Å². The van der Waals surface area contributed by atoms with Crippen molar-refractivity contribution in [1.29, 1.82) is 0 Å². The van der Waals surface area contributed by atoms with Gasteiger partial charge < -0.3 is 5.32 Å². The average molecular weight is 354 g/mol. The zero-order chi connectivity index (χ0) is 16.6. The van der Waals surface area contributed by atoms with Gasteiger partial charge in [0, 0.05) is 17.3 Å². The predicted octanol–water partition coefficient (Wildman–Crippen LogP) is 5.29. The van der Waals surface area contributed by atoms with E-state index in [9.17, 15) is 4.79 Å². The molecule has 0 saturated carbocycles. The van der Waals surface area contributed by atoms with Gasteiger partial charge in [0.25, 0.3) is 0 Å². The first-order chi connectivity index (χ1) is 11.8. The first-order valence-corrected chi connectivity index (χ1v) is 9.05. The largest absolute Gasteiger partial charge is 0.325 e. The van der Waals surface area contributed by atoms with Crippen molar-refractivity contribution in [1.82, 2.24) is 4.98 Å². The van der Waals surface area contributed by atoms with E-state index in [0.717, 1.165) is 21.4 Å². The molecule has 5 nitrogen and oxygen atoms in total. The predicted molar refractivity (Wildman–Crippen MR) is 98.5 cm³/mol. The molecule has 3 aromatic rings. The van der Waals surface area contributed by atoms with E-state index in [2.05, 4.69) is 20.5 Å². The Kier molecular flexibility index (Phi) is 5.70. The van der Waals surface area contributed by atoms with Crippen molar-refractivity contribution >= 4 is 46.1 Å². The first kappa shape index (κ1) is 16.4. The van der Waals surface area contributed by atoms with Crippen LogP contribution >= 0.6 is 23.1 Å². The van der Waals surface area contributed by atoms with Gasteiger partial charge in [0.1, 0.15) is 4.34 Å². The Labute approximate surface area is 147 Å². The maximum Gasteiger partial charge on any atom is 0.234 e. The van der Waals surface area contributed by atoms with Gasteiger partial charge in [-0.3, -0.25) is 4.79 Å². The highest BCUT2D eigenvalue weighted by atomic mass is 32.2. The van der Waals surface area contributed by atoms with Crippen LogP contribution in [0.25, 0.3) is 0 Å². The molecule has 1 heterocycles. The SMILES string of the molecule is O=C(CSc1nccs1)Nc1ccc(N=Nc2ccccc2)cc1. The molecule has 0 fully saturated rings. The number of hydrogen-bond donors (Lipinski definition) is 1. The van der Waals surface area contributed by atoms with Crippen LogP contribution in [0.5, 0.6) is 0 Å². The number of thiazole rings is 1. The lowest BCUT2D eigenvalue weighted by Crippen LogP contribution is -2.13. The molecule has 7 heteroatoms. The second-order valence-corrected chi connectivity index (χ2v) is 6.83. The van der Waals surface area contributed by atoms with E-state index >= 15 is 0 Å². The van der Waals surface area contributed by atoms with Crippen molar-refractivity contribution in [3.8, 4) is 0 Å². The molecule has 1 amide bonds. The molecule has 0 saturated heterocycles. The molecule has 1 aromatic heterocycles. The summed E-state index contributed by atoms with van der Waals surface area (Å²) in [5, 5.41) is 13.1. The molecule has 1 N–H and O–H groups in total. The molecule has 0 aliphatic heterocycles. The Hall–Kier alpha value is -2.51. The number of anilines is 1. The number of carbonyl (C=O) groups is 1. The molecule has 0 aliphatic rings. The molecule has 2 aromatic carbocycles. The van der Waals surface area contributed by atoms with Gasteiger partial charge in [-0.25, -0.2) is 4.98 Å². The van der Waals surface area contributed by atoms with E-state index < -0.39 is 0 Å². The number of nitrogens with one attached hydrogen (secondary N) is 1. The summed E-state index contributed by atoms with van der Waals surface area (Å²) in [4.78, 5) is 16.0. The Bertz CT molecular complexity index is 802. The van der Waals surface area contributed by atoms with Crippen LogP contribution in [0.3, 0.4) is 0 Å². The number of thioether (sulfide) groups is 1. The minimum Gasteiger partial charge on any atom is -0.325 e. The van der Waals surface area contributed by atoms with Crippen LogP contribution in [-0.2, 0) is 4.79 Å². The second kappa shape index (κ2) is 8.37. The van der Waals surface area contributed by atoms with Crippen LogP contribution in [0.2, 0.25) is 0 Å². The summed E-state index contributed by atoms with van der Waals surface area (Å²) in [6.45, 7) is 0. The minimum absolute atomic E-state index is 0.0612. The zero-order valence-electron chi connectivity index (χ0n) is 12.6. The molecular weight excluding hydrogens is 340 g/mol. The summed E-state index contributed by atoms with van der Waals surface area (Å²) < 4.78 is 0.891. The number of benzene rings is 2. The lowest BCUT2D eigenvalue weighted by Gasteiger charge is -2.04. The van der Waals surface area contributed by atoms with Crippen molar-refractivity contribution in [2.45, 2.75) is 4.34 Å². The lowest BCUT2D eigenvalue weighted by molar-refractivity contribution is -0.113. The highest BCUT2D eigenvalue weighted by Gasteiger charge is 2.05. The number of aromatic nitrogens is 1. The topological polar surface area (TPSA) is 66.7 Å². The zero-order valence-corrected chi connectivity index (χ0v) is 14.3. The number of rotatable bonds is 6. The van der Waals surface area contributed by atoms with E-state index in [1.54, 1.807) is 6.20 Å². The third kappa shape index (κ3) is 5.00. The standard InChI is InChI=1S/C17H14N4OS2/c22-16(12-24-17-18-10-11-23-17)19-13-6-8-15(9-7-13)21-20-14-4-2-1-3-5-14/h1-11H,12H2,(H,19,22). The molecule has 0 atom stereocenters. The fourth-order valence-corrected chi connectivity index (χ4v) is 3.27. The van der Waals surface area contributed by atoms with Crippen LogP contribution in [0.1, 0.15) is 0 Å². The Morgan fingerprint density at radius 3 is 2.42 bits per heavy atom. The van der Waals surface area contributed by atoms with Crippen LogP contribution in [0, 0.1) is 0 Å². The van der Waals surface area contributed by atoms with Gasteiger partial charge >= 0.3 is 0 Å². The van der Waals surface area contributed by atoms with Crippen molar-refractivity contribution in [2.75, 3.05) is 11.1 Å². The van der Waals surface area contributed by atoms with Crippen LogP contribution in [0.4, 0.5) is 17.1 Å². The van der Waals surface area contributed by atoms with E-state index in [4.69, 9.17) is 0 Å². The number of nitrogens with zero attached hydrogens (tertiary/aromatic N) is 3. The van der Waals surface area contributed by atoms with E-state index in [0.29, 0.717) is 5.75 Å². The molecule has 24 heavy (non-hydrogen) atoms. The molecule has 0 unspecified atom stereocenters. The molecule has 0 bridgehead atoms. The quantitative estimate of drug-likeness (QED) is 0.483. The average Bonchev–Trinajstić information content (AvgIpc) is 3.14. The first-order valence-electron chi connectivity index (χ1n) is 7.18. The number of azo groups is 1. The van der Waals surface area contributed by atoms with Gasteiger partial charge in [-0.1, -0.05) is 30.0 Å². The molecule has 0 spiro atoms. The van der Waals surface area contributed by atoms with E-state index in [1.807, 2.05) is 60.0 Å². The summed E-state index contributed by atoms with van der Waals surface area (Å²) in [7, 11) is 0. The summed E-state index contributed by atoms with van der Waals surface area (Å²) in [5.41, 5.74) is 2.27. The summed E-state index contributed by atoms with van der Waals surface area (Å²) in [6.07, 6.45) is 1.73. The smallest absolute Gasteiger partial charge is 0.234 e. The number of carbonyl (C=O) groups excluding carboxylic acids is 1. The normalized spacial score (nSPS) is 10.8. The van der Waals surface area contributed by atoms with Crippen LogP contribution < -0.4 is 5.32 Å². The number of hydrogen-bond acceptors (Lipinski definition) is 6. The molecule has 120 valence electrons. The van der Waals surface area contributed by atoms with Gasteiger partial charge in [0.15, 0.2) is 0 Å². The van der Waals surface area contributed by atoms with Crippen LogP contribution in [0.15, 0.2) is 80.7 Å². The maximum absolute atomic E-state index is 11.9. The highest BCUT2D eigenvalue weighted by Crippen LogP contribution is 2.22. The Morgan fingerprint density at radius 2 is 1.75 bits per heavy atom. The summed E-state index contributed by atoms with van der Waals surface area (Å²) in [5.74, 6) is 0.275. The van der Waals surface area contributed by atoms with Gasteiger partial charge in [-0.2, -0.15) is 10.2 Å². The summed E-state index contributed by atoms with van der Waals surface area (Å²) >= 11 is 2.95. The van der Waals surface area contributed by atoms with Crippen molar-refractivity contribution in [2.24, 2.45) is 10.2 Å². The van der Waals surface area contributed by atoms with Crippen molar-refractivity contribution in [3.05, 3.63) is 66.2 Å². The van der Waals surface area contributed by atoms with E-state index in [-0.39, 0.29) is 5.91 Å². The third-order valence-corrected chi connectivity index (χ3v) is 4.89. The monoisotopic (exact) mass is 354 g/mol. The van der Waals surface area contributed by atoms with Gasteiger partial charge in [-0.15, -0.1) is 11.3 Å².